The lowest BCUT2D eigenvalue weighted by Gasteiger charge is -2.24. The summed E-state index contributed by atoms with van der Waals surface area (Å²) in [5, 5.41) is 15.1. The molecule has 0 aliphatic heterocycles. The molecule has 21 heavy (non-hydrogen) atoms. The van der Waals surface area contributed by atoms with Gasteiger partial charge in [0.2, 0.25) is 5.91 Å². The van der Waals surface area contributed by atoms with Gasteiger partial charge in [-0.05, 0) is 37.6 Å². The van der Waals surface area contributed by atoms with Crippen LogP contribution in [0, 0.1) is 11.8 Å². The van der Waals surface area contributed by atoms with Crippen molar-refractivity contribution in [3.63, 3.8) is 0 Å². The Hall–Kier alpha value is -2.14. The van der Waals surface area contributed by atoms with Crippen LogP contribution in [0.2, 0.25) is 0 Å². The van der Waals surface area contributed by atoms with Gasteiger partial charge in [-0.3, -0.25) is 9.59 Å². The molecule has 0 aromatic heterocycles. The van der Waals surface area contributed by atoms with Crippen LogP contribution in [0.1, 0.15) is 18.4 Å². The quantitative estimate of drug-likeness (QED) is 0.724. The standard InChI is InChI=1S/C16H20N2O3/c1-17-10-11-5-4-6-12(9-11)18-15(19)13-7-2-3-8-14(13)16(20)21/h2-6,9,13-14,17H,7-8,10H2,1H3,(H,18,19)(H,20,21)/t13-,14+/m1/s1. The van der Waals surface area contributed by atoms with Crippen molar-refractivity contribution in [3.8, 4) is 0 Å². The highest BCUT2D eigenvalue weighted by Crippen LogP contribution is 2.27. The van der Waals surface area contributed by atoms with Crippen LogP contribution in [0.15, 0.2) is 36.4 Å². The number of carboxylic acid groups (broad SMARTS) is 1. The predicted octanol–water partition coefficient (Wildman–Crippen LogP) is 2.01. The van der Waals surface area contributed by atoms with Crippen LogP contribution in [0.5, 0.6) is 0 Å². The minimum absolute atomic E-state index is 0.228. The molecule has 1 amide bonds. The molecule has 0 saturated carbocycles. The molecule has 1 aromatic rings. The van der Waals surface area contributed by atoms with Crippen LogP contribution < -0.4 is 10.6 Å². The second-order valence-electron chi connectivity index (χ2n) is 5.21. The van der Waals surface area contributed by atoms with Crippen molar-refractivity contribution < 1.29 is 14.7 Å². The number of aliphatic carboxylic acids is 1. The van der Waals surface area contributed by atoms with Crippen molar-refractivity contribution in [2.75, 3.05) is 12.4 Å². The summed E-state index contributed by atoms with van der Waals surface area (Å²) in [5.74, 6) is -2.30. The van der Waals surface area contributed by atoms with Crippen LogP contribution in [0.3, 0.4) is 0 Å². The maximum atomic E-state index is 12.3. The molecule has 0 fully saturated rings. The molecule has 0 spiro atoms. The number of benzene rings is 1. The normalized spacial score (nSPS) is 21.0. The number of allylic oxidation sites excluding steroid dienone is 2. The molecule has 5 heteroatoms. The zero-order valence-corrected chi connectivity index (χ0v) is 12.0. The third-order valence-corrected chi connectivity index (χ3v) is 3.66. The van der Waals surface area contributed by atoms with E-state index < -0.39 is 17.8 Å². The second kappa shape index (κ2) is 7.04. The highest BCUT2D eigenvalue weighted by Gasteiger charge is 2.33. The third-order valence-electron chi connectivity index (χ3n) is 3.66. The van der Waals surface area contributed by atoms with Gasteiger partial charge in [-0.25, -0.2) is 0 Å². The van der Waals surface area contributed by atoms with Crippen LogP contribution in [-0.4, -0.2) is 24.0 Å². The molecule has 1 aliphatic carbocycles. The number of hydrogen-bond donors (Lipinski definition) is 3. The molecule has 112 valence electrons. The highest BCUT2D eigenvalue weighted by molar-refractivity contribution is 5.95. The smallest absolute Gasteiger partial charge is 0.307 e. The Kier molecular flexibility index (Phi) is 5.11. The molecule has 0 heterocycles. The zero-order chi connectivity index (χ0) is 15.2. The van der Waals surface area contributed by atoms with Crippen molar-refractivity contribution >= 4 is 17.6 Å². The molecule has 0 unspecified atom stereocenters. The SMILES string of the molecule is CNCc1cccc(NC(=O)[C@@H]2CC=CC[C@@H]2C(=O)O)c1. The van der Waals surface area contributed by atoms with Crippen molar-refractivity contribution in [1.82, 2.24) is 5.32 Å². The van der Waals surface area contributed by atoms with Gasteiger partial charge in [0.1, 0.15) is 0 Å². The van der Waals surface area contributed by atoms with E-state index in [9.17, 15) is 14.7 Å². The topological polar surface area (TPSA) is 78.4 Å². The van der Waals surface area contributed by atoms with Gasteiger partial charge in [-0.1, -0.05) is 24.3 Å². The van der Waals surface area contributed by atoms with E-state index in [-0.39, 0.29) is 5.91 Å². The molecule has 2 atom stereocenters. The van der Waals surface area contributed by atoms with Crippen LogP contribution in [0.4, 0.5) is 5.69 Å². The summed E-state index contributed by atoms with van der Waals surface area (Å²) in [5.41, 5.74) is 1.76. The third kappa shape index (κ3) is 3.92. The molecular formula is C16H20N2O3. The average molecular weight is 288 g/mol. The van der Waals surface area contributed by atoms with Crippen molar-refractivity contribution in [2.24, 2.45) is 11.8 Å². The summed E-state index contributed by atoms with van der Waals surface area (Å²) in [6, 6.07) is 7.54. The molecule has 0 radical (unpaired) electrons. The summed E-state index contributed by atoms with van der Waals surface area (Å²) in [4.78, 5) is 23.6. The van der Waals surface area contributed by atoms with E-state index in [4.69, 9.17) is 0 Å². The monoisotopic (exact) mass is 288 g/mol. The molecule has 3 N–H and O–H groups in total. The van der Waals surface area contributed by atoms with Gasteiger partial charge >= 0.3 is 5.97 Å². The van der Waals surface area contributed by atoms with Gasteiger partial charge in [0.15, 0.2) is 0 Å². The molecule has 5 nitrogen and oxygen atoms in total. The first-order valence-electron chi connectivity index (χ1n) is 7.04. The van der Waals surface area contributed by atoms with E-state index in [1.165, 1.54) is 0 Å². The number of anilines is 1. The fourth-order valence-electron chi connectivity index (χ4n) is 2.58. The Bertz CT molecular complexity index is 554. The van der Waals surface area contributed by atoms with E-state index in [0.717, 1.165) is 5.56 Å². The molecule has 1 aliphatic rings. The van der Waals surface area contributed by atoms with Gasteiger partial charge < -0.3 is 15.7 Å². The summed E-state index contributed by atoms with van der Waals surface area (Å²) < 4.78 is 0. The number of carboxylic acids is 1. The van der Waals surface area contributed by atoms with Crippen molar-refractivity contribution in [3.05, 3.63) is 42.0 Å². The zero-order valence-electron chi connectivity index (χ0n) is 12.0. The first-order chi connectivity index (χ1) is 10.1. The lowest BCUT2D eigenvalue weighted by molar-refractivity contribution is -0.146. The van der Waals surface area contributed by atoms with Gasteiger partial charge in [-0.2, -0.15) is 0 Å². The fourth-order valence-corrected chi connectivity index (χ4v) is 2.58. The number of rotatable bonds is 5. The number of carbonyl (C=O) groups is 2. The molecule has 0 bridgehead atoms. The van der Waals surface area contributed by atoms with Gasteiger partial charge in [0, 0.05) is 12.2 Å². The summed E-state index contributed by atoms with van der Waals surface area (Å²) in [6.07, 6.45) is 4.59. The van der Waals surface area contributed by atoms with Gasteiger partial charge in [-0.15, -0.1) is 0 Å². The largest absolute Gasteiger partial charge is 0.481 e. The number of amides is 1. The average Bonchev–Trinajstić information content (AvgIpc) is 2.48. The van der Waals surface area contributed by atoms with Gasteiger partial charge in [0.05, 0.1) is 11.8 Å². The summed E-state index contributed by atoms with van der Waals surface area (Å²) in [6.45, 7) is 0.716. The Balaban J connectivity index is 2.08. The lowest BCUT2D eigenvalue weighted by Crippen LogP contribution is -2.34. The van der Waals surface area contributed by atoms with Crippen LogP contribution in [0.25, 0.3) is 0 Å². The van der Waals surface area contributed by atoms with Crippen molar-refractivity contribution in [1.29, 1.82) is 0 Å². The second-order valence-corrected chi connectivity index (χ2v) is 5.21. The summed E-state index contributed by atoms with van der Waals surface area (Å²) in [7, 11) is 1.86. The Labute approximate surface area is 124 Å². The first-order valence-corrected chi connectivity index (χ1v) is 7.04. The van der Waals surface area contributed by atoms with Crippen LogP contribution >= 0.6 is 0 Å². The van der Waals surface area contributed by atoms with Gasteiger partial charge in [0.25, 0.3) is 0 Å². The summed E-state index contributed by atoms with van der Waals surface area (Å²) >= 11 is 0. The van der Waals surface area contributed by atoms with E-state index >= 15 is 0 Å². The fraction of sp³-hybridized carbons (Fsp3) is 0.375. The Morgan fingerprint density at radius 3 is 2.62 bits per heavy atom. The maximum absolute atomic E-state index is 12.3. The predicted molar refractivity (Wildman–Crippen MR) is 80.8 cm³/mol. The number of carbonyl (C=O) groups excluding carboxylic acids is 1. The number of hydrogen-bond acceptors (Lipinski definition) is 3. The van der Waals surface area contributed by atoms with E-state index in [2.05, 4.69) is 10.6 Å². The molecule has 0 saturated heterocycles. The van der Waals surface area contributed by atoms with E-state index in [0.29, 0.717) is 25.1 Å². The van der Waals surface area contributed by atoms with E-state index in [1.54, 1.807) is 0 Å². The molecule has 2 rings (SSSR count). The Morgan fingerprint density at radius 1 is 1.24 bits per heavy atom. The first kappa shape index (κ1) is 15.3. The van der Waals surface area contributed by atoms with Crippen LogP contribution in [-0.2, 0) is 16.1 Å². The minimum atomic E-state index is -0.913. The molecular weight excluding hydrogens is 268 g/mol. The van der Waals surface area contributed by atoms with Crippen molar-refractivity contribution in [2.45, 2.75) is 19.4 Å². The maximum Gasteiger partial charge on any atom is 0.307 e. The van der Waals surface area contributed by atoms with E-state index in [1.807, 2.05) is 43.5 Å². The Morgan fingerprint density at radius 2 is 1.95 bits per heavy atom. The highest BCUT2D eigenvalue weighted by atomic mass is 16.4. The minimum Gasteiger partial charge on any atom is -0.481 e. The molecule has 1 aromatic carbocycles. The number of nitrogens with one attached hydrogen (secondary N) is 2. The lowest BCUT2D eigenvalue weighted by atomic mass is 9.82.